The van der Waals surface area contributed by atoms with Crippen molar-refractivity contribution in [2.24, 2.45) is 0 Å². The van der Waals surface area contributed by atoms with E-state index in [0.717, 1.165) is 11.1 Å². The summed E-state index contributed by atoms with van der Waals surface area (Å²) in [6.07, 6.45) is 0.202. The first-order valence-electron chi connectivity index (χ1n) is 9.39. The Hall–Kier alpha value is -2.11. The number of benzene rings is 2. The first kappa shape index (κ1) is 19.7. The van der Waals surface area contributed by atoms with Gasteiger partial charge < -0.3 is 14.0 Å². The summed E-state index contributed by atoms with van der Waals surface area (Å²) in [5.74, 6) is -0.488. The molecule has 1 aliphatic heterocycles. The van der Waals surface area contributed by atoms with E-state index in [1.54, 1.807) is 0 Å². The van der Waals surface area contributed by atoms with Crippen molar-refractivity contribution < 1.29 is 18.8 Å². The summed E-state index contributed by atoms with van der Waals surface area (Å²) in [7, 11) is -0.498. The van der Waals surface area contributed by atoms with E-state index in [9.17, 15) is 4.79 Å². The van der Waals surface area contributed by atoms with Gasteiger partial charge in [-0.3, -0.25) is 4.79 Å². The highest BCUT2D eigenvalue weighted by atomic mass is 16.7. The van der Waals surface area contributed by atoms with Crippen LogP contribution in [0.15, 0.2) is 60.7 Å². The molecule has 27 heavy (non-hydrogen) atoms. The van der Waals surface area contributed by atoms with Gasteiger partial charge in [-0.1, -0.05) is 60.7 Å². The predicted octanol–water partition coefficient (Wildman–Crippen LogP) is 4.54. The second-order valence-electron chi connectivity index (χ2n) is 7.99. The molecule has 3 rings (SSSR count). The topological polar surface area (TPSA) is 44.8 Å². The minimum Gasteiger partial charge on any atom is -0.461 e. The lowest BCUT2D eigenvalue weighted by Gasteiger charge is -2.32. The molecule has 1 aliphatic rings. The molecule has 2 aromatic carbocycles. The molecule has 1 fully saturated rings. The van der Waals surface area contributed by atoms with E-state index in [2.05, 4.69) is 0 Å². The molecule has 4 nitrogen and oxygen atoms in total. The third kappa shape index (κ3) is 4.60. The van der Waals surface area contributed by atoms with Crippen molar-refractivity contribution in [2.75, 3.05) is 0 Å². The third-order valence-electron chi connectivity index (χ3n) is 5.46. The number of esters is 1. The van der Waals surface area contributed by atoms with E-state index in [0.29, 0.717) is 0 Å². The molecule has 1 saturated heterocycles. The van der Waals surface area contributed by atoms with Crippen LogP contribution < -0.4 is 0 Å². The summed E-state index contributed by atoms with van der Waals surface area (Å²) in [5, 5.41) is 0. The Kier molecular flexibility index (Phi) is 5.73. The maximum Gasteiger partial charge on any atom is 0.466 e. The Labute approximate surface area is 162 Å². The highest BCUT2D eigenvalue weighted by molar-refractivity contribution is 6.48. The first-order valence-corrected chi connectivity index (χ1v) is 9.39. The number of hydrogen-bond acceptors (Lipinski definition) is 4. The van der Waals surface area contributed by atoms with E-state index in [1.165, 1.54) is 0 Å². The number of hydrogen-bond donors (Lipinski definition) is 0. The molecular weight excluding hydrogens is 339 g/mol. The van der Waals surface area contributed by atoms with E-state index in [-0.39, 0.29) is 24.8 Å². The molecule has 1 heterocycles. The summed E-state index contributed by atoms with van der Waals surface area (Å²) in [4.78, 5) is 12.5. The normalized spacial score (nSPS) is 18.9. The Morgan fingerprint density at radius 1 is 0.926 bits per heavy atom. The fourth-order valence-corrected chi connectivity index (χ4v) is 3.10. The van der Waals surface area contributed by atoms with Crippen molar-refractivity contribution in [3.05, 3.63) is 71.8 Å². The molecule has 0 amide bonds. The maximum atomic E-state index is 12.5. The molecule has 0 spiro atoms. The van der Waals surface area contributed by atoms with Crippen molar-refractivity contribution >= 4 is 13.1 Å². The summed E-state index contributed by atoms with van der Waals surface area (Å²) in [6, 6.07) is 19.6. The van der Waals surface area contributed by atoms with E-state index >= 15 is 0 Å². The van der Waals surface area contributed by atoms with Crippen molar-refractivity contribution in [3.63, 3.8) is 0 Å². The number of ether oxygens (including phenoxy) is 1. The van der Waals surface area contributed by atoms with E-state index in [1.807, 2.05) is 88.4 Å². The van der Waals surface area contributed by atoms with Crippen LogP contribution in [0.1, 0.15) is 51.1 Å². The Balaban J connectivity index is 1.72. The van der Waals surface area contributed by atoms with Gasteiger partial charge in [0.05, 0.1) is 17.6 Å². The number of carbonyl (C=O) groups excluding carboxylic acids is 1. The van der Waals surface area contributed by atoms with Crippen LogP contribution in [0.3, 0.4) is 0 Å². The van der Waals surface area contributed by atoms with Crippen molar-refractivity contribution in [1.82, 2.24) is 0 Å². The van der Waals surface area contributed by atoms with Gasteiger partial charge in [-0.05, 0) is 38.8 Å². The van der Waals surface area contributed by atoms with Crippen LogP contribution in [-0.4, -0.2) is 24.3 Å². The van der Waals surface area contributed by atoms with Crippen LogP contribution in [0.4, 0.5) is 0 Å². The molecule has 0 unspecified atom stereocenters. The van der Waals surface area contributed by atoms with Crippen molar-refractivity contribution in [3.8, 4) is 0 Å². The summed E-state index contributed by atoms with van der Waals surface area (Å²) < 4.78 is 17.9. The fourth-order valence-electron chi connectivity index (χ4n) is 3.10. The van der Waals surface area contributed by atoms with Crippen LogP contribution in [-0.2, 0) is 25.4 Å². The zero-order valence-electron chi connectivity index (χ0n) is 16.5. The summed E-state index contributed by atoms with van der Waals surface area (Å²) in [5.41, 5.74) is 1.09. The quantitative estimate of drug-likeness (QED) is 0.556. The molecule has 0 bridgehead atoms. The smallest absolute Gasteiger partial charge is 0.461 e. The standard InChI is InChI=1S/C22H27BO4/c1-21(2)22(3,4)27-23(26-21)19(18-13-9-6-10-14-18)15-20(24)25-16-17-11-7-5-8-12-17/h5-14,19H,15-16H2,1-4H3/t19-/m0/s1. The number of carbonyl (C=O) groups is 1. The molecule has 0 aliphatic carbocycles. The monoisotopic (exact) mass is 366 g/mol. The van der Waals surface area contributed by atoms with Gasteiger partial charge >= 0.3 is 13.1 Å². The molecule has 0 aromatic heterocycles. The van der Waals surface area contributed by atoms with Crippen LogP contribution in [0.5, 0.6) is 0 Å². The van der Waals surface area contributed by atoms with Gasteiger partial charge in [-0.15, -0.1) is 0 Å². The molecule has 142 valence electrons. The molecule has 5 heteroatoms. The maximum absolute atomic E-state index is 12.5. The van der Waals surface area contributed by atoms with Gasteiger partial charge in [-0.2, -0.15) is 0 Å². The largest absolute Gasteiger partial charge is 0.466 e. The van der Waals surface area contributed by atoms with E-state index in [4.69, 9.17) is 14.0 Å². The second-order valence-corrected chi connectivity index (χ2v) is 7.99. The lowest BCUT2D eigenvalue weighted by molar-refractivity contribution is -0.145. The van der Waals surface area contributed by atoms with Crippen molar-refractivity contribution in [2.45, 2.75) is 57.7 Å². The predicted molar refractivity (Wildman–Crippen MR) is 106 cm³/mol. The first-order chi connectivity index (χ1) is 12.8. The average molecular weight is 366 g/mol. The summed E-state index contributed by atoms with van der Waals surface area (Å²) in [6.45, 7) is 8.33. The SMILES string of the molecule is CC1(C)OB([C@@H](CC(=O)OCc2ccccc2)c2ccccc2)OC1(C)C. The third-order valence-corrected chi connectivity index (χ3v) is 5.46. The average Bonchev–Trinajstić information content (AvgIpc) is 2.87. The molecule has 0 N–H and O–H groups in total. The second kappa shape index (κ2) is 7.87. The number of rotatable bonds is 6. The van der Waals surface area contributed by atoms with E-state index < -0.39 is 18.3 Å². The van der Waals surface area contributed by atoms with Gasteiger partial charge in [0.25, 0.3) is 0 Å². The minimum absolute atomic E-state index is 0.202. The van der Waals surface area contributed by atoms with Crippen molar-refractivity contribution in [1.29, 1.82) is 0 Å². The highest BCUT2D eigenvalue weighted by Gasteiger charge is 2.54. The minimum atomic E-state index is -0.498. The molecule has 1 atom stereocenters. The lowest BCUT2D eigenvalue weighted by atomic mass is 9.66. The van der Waals surface area contributed by atoms with Crippen LogP contribution in [0.2, 0.25) is 0 Å². The van der Waals surface area contributed by atoms with Gasteiger partial charge in [0.15, 0.2) is 0 Å². The zero-order chi connectivity index (χ0) is 19.5. The highest BCUT2D eigenvalue weighted by Crippen LogP contribution is 2.41. The Morgan fingerprint density at radius 2 is 1.44 bits per heavy atom. The van der Waals surface area contributed by atoms with Crippen LogP contribution in [0.25, 0.3) is 0 Å². The summed E-state index contributed by atoms with van der Waals surface area (Å²) >= 11 is 0. The zero-order valence-corrected chi connectivity index (χ0v) is 16.5. The molecule has 2 aromatic rings. The Morgan fingerprint density at radius 3 is 2.00 bits per heavy atom. The van der Waals surface area contributed by atoms with Gasteiger partial charge in [0.1, 0.15) is 6.61 Å². The van der Waals surface area contributed by atoms with Gasteiger partial charge in [0.2, 0.25) is 0 Å². The van der Waals surface area contributed by atoms with Crippen LogP contribution in [0, 0.1) is 0 Å². The molecule has 0 radical (unpaired) electrons. The lowest BCUT2D eigenvalue weighted by Crippen LogP contribution is -2.41. The van der Waals surface area contributed by atoms with Crippen LogP contribution >= 0.6 is 0 Å². The van der Waals surface area contributed by atoms with Gasteiger partial charge in [-0.25, -0.2) is 0 Å². The molecule has 0 saturated carbocycles. The van der Waals surface area contributed by atoms with Gasteiger partial charge in [0, 0.05) is 5.82 Å². The fraction of sp³-hybridized carbons (Fsp3) is 0.409. The Bertz CT molecular complexity index is 742. The molecular formula is C22H27BO4.